The molecule has 2 aromatic carbocycles. The minimum Gasteiger partial charge on any atom is -0.367 e. The Bertz CT molecular complexity index is 1010. The van der Waals surface area contributed by atoms with E-state index in [1.54, 1.807) is 12.1 Å². The fraction of sp³-hybridized carbons (Fsp3) is 0.350. The third-order valence-corrected chi connectivity index (χ3v) is 6.95. The standard InChI is InChI=1S/C20H24Cl2N4O3S/c1-14(24-30(28,29)17-6-3-15(21)4-7-17)20(27)23-18-13-16(22)5-8-19(18)26-11-9-25(2)10-12-26/h3-8,13-14,24H,9-12H2,1-2H3,(H,23,27)/t14-/m0/s1. The van der Waals surface area contributed by atoms with E-state index in [9.17, 15) is 13.2 Å². The van der Waals surface area contributed by atoms with Crippen LogP contribution in [-0.2, 0) is 14.8 Å². The van der Waals surface area contributed by atoms with Crippen LogP contribution in [0, 0.1) is 0 Å². The Labute approximate surface area is 187 Å². The second-order valence-corrected chi connectivity index (χ2v) is 9.82. The smallest absolute Gasteiger partial charge is 0.242 e. The first-order valence-electron chi connectivity index (χ1n) is 9.47. The summed E-state index contributed by atoms with van der Waals surface area (Å²) in [6.45, 7) is 4.95. The zero-order chi connectivity index (χ0) is 21.9. The first-order chi connectivity index (χ1) is 14.2. The Hall–Kier alpha value is -1.84. The minimum absolute atomic E-state index is 0.0347. The molecule has 0 bridgehead atoms. The van der Waals surface area contributed by atoms with Crippen molar-refractivity contribution in [3.05, 3.63) is 52.5 Å². The molecule has 1 aliphatic rings. The molecule has 0 unspecified atom stereocenters. The molecule has 30 heavy (non-hydrogen) atoms. The van der Waals surface area contributed by atoms with Gasteiger partial charge in [0.25, 0.3) is 0 Å². The van der Waals surface area contributed by atoms with Crippen molar-refractivity contribution < 1.29 is 13.2 Å². The summed E-state index contributed by atoms with van der Waals surface area (Å²) in [6, 6.07) is 10.1. The van der Waals surface area contributed by atoms with E-state index >= 15 is 0 Å². The predicted molar refractivity (Wildman–Crippen MR) is 121 cm³/mol. The molecule has 162 valence electrons. The van der Waals surface area contributed by atoms with Gasteiger partial charge in [-0.25, -0.2) is 8.42 Å². The summed E-state index contributed by atoms with van der Waals surface area (Å²) in [6.07, 6.45) is 0. The Balaban J connectivity index is 1.73. The van der Waals surface area contributed by atoms with Gasteiger partial charge in [-0.3, -0.25) is 4.79 Å². The number of hydrogen-bond donors (Lipinski definition) is 2. The number of likely N-dealkylation sites (N-methyl/N-ethyl adjacent to an activating group) is 1. The van der Waals surface area contributed by atoms with Gasteiger partial charge in [-0.05, 0) is 56.4 Å². The molecule has 0 radical (unpaired) electrons. The van der Waals surface area contributed by atoms with Crippen molar-refractivity contribution in [1.82, 2.24) is 9.62 Å². The Morgan fingerprint density at radius 1 is 1.00 bits per heavy atom. The molecule has 0 spiro atoms. The second-order valence-electron chi connectivity index (χ2n) is 7.24. The first kappa shape index (κ1) is 22.8. The zero-order valence-electron chi connectivity index (χ0n) is 16.7. The Morgan fingerprint density at radius 3 is 2.23 bits per heavy atom. The van der Waals surface area contributed by atoms with E-state index in [-0.39, 0.29) is 4.90 Å². The summed E-state index contributed by atoms with van der Waals surface area (Å²) in [7, 11) is -1.80. The number of nitrogens with one attached hydrogen (secondary N) is 2. The zero-order valence-corrected chi connectivity index (χ0v) is 19.1. The lowest BCUT2D eigenvalue weighted by Crippen LogP contribution is -2.45. The molecule has 1 saturated heterocycles. The summed E-state index contributed by atoms with van der Waals surface area (Å²) in [4.78, 5) is 17.2. The van der Waals surface area contributed by atoms with Gasteiger partial charge < -0.3 is 15.1 Å². The van der Waals surface area contributed by atoms with Crippen LogP contribution in [-0.4, -0.2) is 58.5 Å². The SMILES string of the molecule is C[C@H](NS(=O)(=O)c1ccc(Cl)cc1)C(=O)Nc1cc(Cl)ccc1N1CCN(C)CC1. The van der Waals surface area contributed by atoms with Crippen molar-refractivity contribution in [3.63, 3.8) is 0 Å². The number of piperazine rings is 1. The van der Waals surface area contributed by atoms with Gasteiger partial charge in [0.15, 0.2) is 0 Å². The topological polar surface area (TPSA) is 81.7 Å². The lowest BCUT2D eigenvalue weighted by Gasteiger charge is -2.35. The number of anilines is 2. The predicted octanol–water partition coefficient (Wildman–Crippen LogP) is 3.05. The monoisotopic (exact) mass is 470 g/mol. The van der Waals surface area contributed by atoms with Gasteiger partial charge in [0.05, 0.1) is 22.3 Å². The average molecular weight is 471 g/mol. The molecule has 0 aliphatic carbocycles. The van der Waals surface area contributed by atoms with Crippen LogP contribution in [0.25, 0.3) is 0 Å². The minimum atomic E-state index is -3.87. The third-order valence-electron chi connectivity index (χ3n) is 4.91. The van der Waals surface area contributed by atoms with Crippen molar-refractivity contribution >= 4 is 50.5 Å². The molecular formula is C20H24Cl2N4O3S. The van der Waals surface area contributed by atoms with Crippen LogP contribution >= 0.6 is 23.2 Å². The highest BCUT2D eigenvalue weighted by atomic mass is 35.5. The van der Waals surface area contributed by atoms with Gasteiger partial charge in [-0.2, -0.15) is 4.72 Å². The van der Waals surface area contributed by atoms with Crippen LogP contribution in [0.2, 0.25) is 10.0 Å². The van der Waals surface area contributed by atoms with Crippen LogP contribution in [0.4, 0.5) is 11.4 Å². The molecule has 2 aromatic rings. The van der Waals surface area contributed by atoms with Crippen LogP contribution < -0.4 is 14.9 Å². The van der Waals surface area contributed by atoms with E-state index in [4.69, 9.17) is 23.2 Å². The maximum Gasteiger partial charge on any atom is 0.242 e. The summed E-state index contributed by atoms with van der Waals surface area (Å²) in [5.41, 5.74) is 1.41. The fourth-order valence-corrected chi connectivity index (χ4v) is 4.64. The van der Waals surface area contributed by atoms with E-state index in [0.29, 0.717) is 15.7 Å². The number of carbonyl (C=O) groups is 1. The highest BCUT2D eigenvalue weighted by molar-refractivity contribution is 7.89. The highest BCUT2D eigenvalue weighted by Gasteiger charge is 2.24. The number of benzene rings is 2. The molecule has 0 aromatic heterocycles. The van der Waals surface area contributed by atoms with Gasteiger partial charge in [0, 0.05) is 36.2 Å². The first-order valence-corrected chi connectivity index (χ1v) is 11.7. The van der Waals surface area contributed by atoms with Crippen LogP contribution in [0.1, 0.15) is 6.92 Å². The molecule has 10 heteroatoms. The number of nitrogens with zero attached hydrogens (tertiary/aromatic N) is 2. The summed E-state index contributed by atoms with van der Waals surface area (Å²) in [5.74, 6) is -0.481. The molecular weight excluding hydrogens is 447 g/mol. The maximum absolute atomic E-state index is 12.7. The van der Waals surface area contributed by atoms with Crippen LogP contribution in [0.15, 0.2) is 47.4 Å². The molecule has 2 N–H and O–H groups in total. The lowest BCUT2D eigenvalue weighted by atomic mass is 10.2. The maximum atomic E-state index is 12.7. The molecule has 7 nitrogen and oxygen atoms in total. The molecule has 1 atom stereocenters. The number of rotatable bonds is 6. The fourth-order valence-electron chi connectivity index (χ4n) is 3.14. The number of amides is 1. The van der Waals surface area contributed by atoms with Gasteiger partial charge >= 0.3 is 0 Å². The summed E-state index contributed by atoms with van der Waals surface area (Å²) >= 11 is 12.0. The van der Waals surface area contributed by atoms with Gasteiger partial charge in [0.2, 0.25) is 15.9 Å². The van der Waals surface area contributed by atoms with Crippen molar-refractivity contribution in [2.24, 2.45) is 0 Å². The molecule has 0 saturated carbocycles. The van der Waals surface area contributed by atoms with E-state index in [0.717, 1.165) is 31.9 Å². The number of carbonyl (C=O) groups excluding carboxylic acids is 1. The lowest BCUT2D eigenvalue weighted by molar-refractivity contribution is -0.117. The third kappa shape index (κ3) is 5.65. The largest absolute Gasteiger partial charge is 0.367 e. The highest BCUT2D eigenvalue weighted by Crippen LogP contribution is 2.30. The van der Waals surface area contributed by atoms with Gasteiger partial charge in [-0.1, -0.05) is 23.2 Å². The van der Waals surface area contributed by atoms with E-state index in [1.165, 1.54) is 31.2 Å². The van der Waals surface area contributed by atoms with Gasteiger partial charge in [-0.15, -0.1) is 0 Å². The Morgan fingerprint density at radius 2 is 1.60 bits per heavy atom. The van der Waals surface area contributed by atoms with Crippen molar-refractivity contribution in [2.75, 3.05) is 43.4 Å². The molecule has 1 fully saturated rings. The molecule has 3 rings (SSSR count). The van der Waals surface area contributed by atoms with Crippen molar-refractivity contribution in [1.29, 1.82) is 0 Å². The molecule has 1 amide bonds. The van der Waals surface area contributed by atoms with E-state index in [1.807, 2.05) is 6.07 Å². The van der Waals surface area contributed by atoms with E-state index < -0.39 is 22.0 Å². The summed E-state index contributed by atoms with van der Waals surface area (Å²) < 4.78 is 27.5. The summed E-state index contributed by atoms with van der Waals surface area (Å²) in [5, 5.41) is 3.73. The number of sulfonamides is 1. The quantitative estimate of drug-likeness (QED) is 0.677. The van der Waals surface area contributed by atoms with Crippen LogP contribution in [0.5, 0.6) is 0 Å². The van der Waals surface area contributed by atoms with E-state index in [2.05, 4.69) is 26.9 Å². The number of halogens is 2. The van der Waals surface area contributed by atoms with Crippen LogP contribution in [0.3, 0.4) is 0 Å². The Kier molecular flexibility index (Phi) is 7.26. The molecule has 1 heterocycles. The second kappa shape index (κ2) is 9.53. The number of hydrogen-bond acceptors (Lipinski definition) is 5. The average Bonchev–Trinajstić information content (AvgIpc) is 2.69. The van der Waals surface area contributed by atoms with Crippen molar-refractivity contribution in [2.45, 2.75) is 17.9 Å². The van der Waals surface area contributed by atoms with Gasteiger partial charge in [0.1, 0.15) is 0 Å². The normalized spacial score (nSPS) is 16.3. The molecule has 1 aliphatic heterocycles. The van der Waals surface area contributed by atoms with Crippen molar-refractivity contribution in [3.8, 4) is 0 Å².